The molecule has 0 aliphatic heterocycles. The van der Waals surface area contributed by atoms with Gasteiger partial charge in [-0.1, -0.05) is 19.8 Å². The molecule has 0 aliphatic carbocycles. The van der Waals surface area contributed by atoms with Crippen molar-refractivity contribution in [2.24, 2.45) is 0 Å². The summed E-state index contributed by atoms with van der Waals surface area (Å²) in [6, 6.07) is 0.637. The maximum Gasteiger partial charge on any atom is 0.0921 e. The highest BCUT2D eigenvalue weighted by molar-refractivity contribution is 4.94. The van der Waals surface area contributed by atoms with Crippen molar-refractivity contribution in [2.75, 3.05) is 6.54 Å². The molecule has 0 radical (unpaired) electrons. The number of nitrogens with zero attached hydrogens (tertiary/aromatic N) is 1. The van der Waals surface area contributed by atoms with Crippen LogP contribution in [0.3, 0.4) is 0 Å². The minimum absolute atomic E-state index is 0.637. The summed E-state index contributed by atoms with van der Waals surface area (Å²) in [6.07, 6.45) is 8.54. The van der Waals surface area contributed by atoms with Gasteiger partial charge in [0.1, 0.15) is 0 Å². The summed E-state index contributed by atoms with van der Waals surface area (Å²) in [5.74, 6) is 0. The summed E-state index contributed by atoms with van der Waals surface area (Å²) in [5, 5.41) is 3.51. The summed E-state index contributed by atoms with van der Waals surface area (Å²) in [6.45, 7) is 5.52. The summed E-state index contributed by atoms with van der Waals surface area (Å²) in [4.78, 5) is 7.09. The quantitative estimate of drug-likeness (QED) is 0.699. The Kier molecular flexibility index (Phi) is 5.30. The minimum atomic E-state index is 0.637. The number of imidazole rings is 1. The normalized spacial score (nSPS) is 13.0. The molecule has 0 aromatic carbocycles. The van der Waals surface area contributed by atoms with E-state index in [1.54, 1.807) is 6.33 Å². The van der Waals surface area contributed by atoms with E-state index in [9.17, 15) is 0 Å². The Hall–Kier alpha value is -0.830. The molecule has 0 saturated carbocycles. The molecule has 1 aromatic heterocycles. The van der Waals surface area contributed by atoms with E-state index in [4.69, 9.17) is 0 Å². The molecule has 80 valence electrons. The molecule has 0 spiro atoms. The molecule has 0 fully saturated rings. The van der Waals surface area contributed by atoms with Crippen LogP contribution in [0.1, 0.15) is 38.8 Å². The topological polar surface area (TPSA) is 40.7 Å². The monoisotopic (exact) mass is 195 g/mol. The predicted octanol–water partition coefficient (Wildman–Crippen LogP) is 2.12. The Bertz CT molecular complexity index is 218. The lowest BCUT2D eigenvalue weighted by molar-refractivity contribution is 0.497. The zero-order valence-electron chi connectivity index (χ0n) is 9.21. The van der Waals surface area contributed by atoms with Gasteiger partial charge in [-0.25, -0.2) is 4.98 Å². The SMILES string of the molecule is CCCCC(C)NCCc1cnc[nH]1. The zero-order chi connectivity index (χ0) is 10.2. The number of rotatable bonds is 7. The Labute approximate surface area is 86.3 Å². The summed E-state index contributed by atoms with van der Waals surface area (Å²) in [5.41, 5.74) is 1.21. The van der Waals surface area contributed by atoms with Crippen molar-refractivity contribution in [2.45, 2.75) is 45.6 Å². The lowest BCUT2D eigenvalue weighted by Gasteiger charge is -2.12. The van der Waals surface area contributed by atoms with Crippen LogP contribution in [0.2, 0.25) is 0 Å². The van der Waals surface area contributed by atoms with Crippen LogP contribution in [0.25, 0.3) is 0 Å². The molecule has 1 atom stereocenters. The Balaban J connectivity index is 2.03. The van der Waals surface area contributed by atoms with E-state index >= 15 is 0 Å². The fourth-order valence-corrected chi connectivity index (χ4v) is 1.49. The van der Waals surface area contributed by atoms with Crippen molar-refractivity contribution in [3.8, 4) is 0 Å². The molecular weight excluding hydrogens is 174 g/mol. The average molecular weight is 195 g/mol. The van der Waals surface area contributed by atoms with Crippen LogP contribution in [0.4, 0.5) is 0 Å². The molecule has 0 saturated heterocycles. The Morgan fingerprint density at radius 2 is 2.43 bits per heavy atom. The first-order valence-electron chi connectivity index (χ1n) is 5.53. The van der Waals surface area contributed by atoms with Crippen LogP contribution in [0.15, 0.2) is 12.5 Å². The molecule has 14 heavy (non-hydrogen) atoms. The van der Waals surface area contributed by atoms with Gasteiger partial charge in [-0.2, -0.15) is 0 Å². The first kappa shape index (κ1) is 11.2. The summed E-state index contributed by atoms with van der Waals surface area (Å²) >= 11 is 0. The van der Waals surface area contributed by atoms with Gasteiger partial charge in [0.2, 0.25) is 0 Å². The highest BCUT2D eigenvalue weighted by atomic mass is 14.9. The maximum absolute atomic E-state index is 3.99. The van der Waals surface area contributed by atoms with E-state index in [0.717, 1.165) is 13.0 Å². The maximum atomic E-state index is 3.99. The lowest BCUT2D eigenvalue weighted by atomic mass is 10.1. The number of aromatic nitrogens is 2. The van der Waals surface area contributed by atoms with Gasteiger partial charge in [0.05, 0.1) is 6.33 Å². The Morgan fingerprint density at radius 3 is 3.07 bits per heavy atom. The van der Waals surface area contributed by atoms with Crippen LogP contribution < -0.4 is 5.32 Å². The average Bonchev–Trinajstić information content (AvgIpc) is 2.67. The third-order valence-corrected chi connectivity index (χ3v) is 2.43. The molecule has 1 rings (SSSR count). The molecular formula is C11H21N3. The standard InChI is InChI=1S/C11H21N3/c1-3-4-5-10(2)13-7-6-11-8-12-9-14-11/h8-10,13H,3-7H2,1-2H3,(H,12,14). The zero-order valence-corrected chi connectivity index (χ0v) is 9.21. The van der Waals surface area contributed by atoms with Crippen LogP contribution in [0.5, 0.6) is 0 Å². The van der Waals surface area contributed by atoms with Crippen molar-refractivity contribution >= 4 is 0 Å². The first-order valence-corrected chi connectivity index (χ1v) is 5.53. The molecule has 3 heteroatoms. The smallest absolute Gasteiger partial charge is 0.0921 e. The van der Waals surface area contributed by atoms with Crippen molar-refractivity contribution in [3.63, 3.8) is 0 Å². The second-order valence-electron chi connectivity index (χ2n) is 3.82. The van der Waals surface area contributed by atoms with Gasteiger partial charge in [-0.05, 0) is 13.3 Å². The van der Waals surface area contributed by atoms with Gasteiger partial charge in [-0.15, -0.1) is 0 Å². The second-order valence-corrected chi connectivity index (χ2v) is 3.82. The largest absolute Gasteiger partial charge is 0.348 e. The van der Waals surface area contributed by atoms with Crippen molar-refractivity contribution in [3.05, 3.63) is 18.2 Å². The van der Waals surface area contributed by atoms with Crippen molar-refractivity contribution in [1.82, 2.24) is 15.3 Å². The van der Waals surface area contributed by atoms with Crippen LogP contribution in [-0.2, 0) is 6.42 Å². The molecule has 1 unspecified atom stereocenters. The second kappa shape index (κ2) is 6.60. The van der Waals surface area contributed by atoms with Crippen LogP contribution in [-0.4, -0.2) is 22.6 Å². The number of hydrogen-bond acceptors (Lipinski definition) is 2. The number of aromatic amines is 1. The molecule has 0 aliphatic rings. The van der Waals surface area contributed by atoms with E-state index in [-0.39, 0.29) is 0 Å². The third kappa shape index (κ3) is 4.42. The lowest BCUT2D eigenvalue weighted by Crippen LogP contribution is -2.28. The molecule has 1 heterocycles. The molecule has 0 bridgehead atoms. The van der Waals surface area contributed by atoms with Gasteiger partial charge >= 0.3 is 0 Å². The van der Waals surface area contributed by atoms with Crippen LogP contribution in [0, 0.1) is 0 Å². The first-order chi connectivity index (χ1) is 6.83. The fraction of sp³-hybridized carbons (Fsp3) is 0.727. The van der Waals surface area contributed by atoms with E-state index in [1.165, 1.54) is 25.0 Å². The van der Waals surface area contributed by atoms with E-state index in [0.29, 0.717) is 6.04 Å². The third-order valence-electron chi connectivity index (χ3n) is 2.43. The molecule has 3 nitrogen and oxygen atoms in total. The molecule has 2 N–H and O–H groups in total. The van der Waals surface area contributed by atoms with Crippen molar-refractivity contribution in [1.29, 1.82) is 0 Å². The summed E-state index contributed by atoms with van der Waals surface area (Å²) in [7, 11) is 0. The van der Waals surface area contributed by atoms with Gasteiger partial charge < -0.3 is 10.3 Å². The number of unbranched alkanes of at least 4 members (excludes halogenated alkanes) is 1. The number of nitrogens with one attached hydrogen (secondary N) is 2. The van der Waals surface area contributed by atoms with Gasteiger partial charge in [-0.3, -0.25) is 0 Å². The molecule has 1 aromatic rings. The fourth-order valence-electron chi connectivity index (χ4n) is 1.49. The van der Waals surface area contributed by atoms with Crippen LogP contribution >= 0.6 is 0 Å². The van der Waals surface area contributed by atoms with Gasteiger partial charge in [0, 0.05) is 30.9 Å². The predicted molar refractivity (Wildman–Crippen MR) is 59.3 cm³/mol. The Morgan fingerprint density at radius 1 is 1.57 bits per heavy atom. The highest BCUT2D eigenvalue weighted by Gasteiger charge is 2.00. The molecule has 0 amide bonds. The number of hydrogen-bond donors (Lipinski definition) is 2. The van der Waals surface area contributed by atoms with E-state index < -0.39 is 0 Å². The van der Waals surface area contributed by atoms with Crippen molar-refractivity contribution < 1.29 is 0 Å². The van der Waals surface area contributed by atoms with Gasteiger partial charge in [0.15, 0.2) is 0 Å². The highest BCUT2D eigenvalue weighted by Crippen LogP contribution is 1.99. The van der Waals surface area contributed by atoms with E-state index in [1.807, 2.05) is 6.20 Å². The van der Waals surface area contributed by atoms with E-state index in [2.05, 4.69) is 29.1 Å². The minimum Gasteiger partial charge on any atom is -0.348 e. The number of H-pyrrole nitrogens is 1. The van der Waals surface area contributed by atoms with Gasteiger partial charge in [0.25, 0.3) is 0 Å². The summed E-state index contributed by atoms with van der Waals surface area (Å²) < 4.78 is 0.